The van der Waals surface area contributed by atoms with Crippen LogP contribution < -0.4 is 0 Å². The van der Waals surface area contributed by atoms with Gasteiger partial charge in [0.05, 0.1) is 0 Å². The standard InChI is InChI=1S/C14H20BrNO/c1-11-4-5-12(10-13(11)15)14(6-9-17)16-7-2-3-8-16/h4-5,10,14,17H,2-3,6-9H2,1H3. The lowest BCUT2D eigenvalue weighted by Crippen LogP contribution is -2.26. The van der Waals surface area contributed by atoms with Crippen molar-refractivity contribution in [3.8, 4) is 0 Å². The second-order valence-electron chi connectivity index (χ2n) is 4.78. The summed E-state index contributed by atoms with van der Waals surface area (Å²) in [5, 5.41) is 9.24. The van der Waals surface area contributed by atoms with E-state index in [2.05, 4.69) is 46.0 Å². The van der Waals surface area contributed by atoms with Crippen LogP contribution in [0.2, 0.25) is 0 Å². The van der Waals surface area contributed by atoms with Gasteiger partial charge in [0.1, 0.15) is 0 Å². The molecule has 1 aliphatic rings. The smallest absolute Gasteiger partial charge is 0.0449 e. The lowest BCUT2D eigenvalue weighted by Gasteiger charge is -2.27. The molecule has 1 N–H and O–H groups in total. The molecule has 0 saturated carbocycles. The van der Waals surface area contributed by atoms with E-state index in [1.807, 2.05) is 0 Å². The third-order valence-electron chi connectivity index (χ3n) is 3.56. The lowest BCUT2D eigenvalue weighted by molar-refractivity contribution is 0.185. The Labute approximate surface area is 112 Å². The summed E-state index contributed by atoms with van der Waals surface area (Å²) in [6.45, 7) is 4.68. The summed E-state index contributed by atoms with van der Waals surface area (Å²) in [6.07, 6.45) is 3.40. The number of rotatable bonds is 4. The molecule has 94 valence electrons. The Hall–Kier alpha value is -0.380. The topological polar surface area (TPSA) is 23.5 Å². The number of aliphatic hydroxyl groups is 1. The maximum Gasteiger partial charge on any atom is 0.0449 e. The van der Waals surface area contributed by atoms with Gasteiger partial charge in [-0.1, -0.05) is 28.1 Å². The number of benzene rings is 1. The second-order valence-corrected chi connectivity index (χ2v) is 5.63. The van der Waals surface area contributed by atoms with E-state index in [4.69, 9.17) is 0 Å². The van der Waals surface area contributed by atoms with Crippen LogP contribution in [0.1, 0.15) is 36.4 Å². The largest absolute Gasteiger partial charge is 0.396 e. The highest BCUT2D eigenvalue weighted by Crippen LogP contribution is 2.30. The minimum absolute atomic E-state index is 0.257. The van der Waals surface area contributed by atoms with Gasteiger partial charge in [0.15, 0.2) is 0 Å². The van der Waals surface area contributed by atoms with Crippen LogP contribution in [0.3, 0.4) is 0 Å². The van der Waals surface area contributed by atoms with E-state index >= 15 is 0 Å². The van der Waals surface area contributed by atoms with E-state index in [0.717, 1.165) is 24.0 Å². The molecule has 1 aliphatic heterocycles. The molecule has 0 aliphatic carbocycles. The first kappa shape index (κ1) is 13.1. The molecule has 2 nitrogen and oxygen atoms in total. The summed E-state index contributed by atoms with van der Waals surface area (Å²) in [7, 11) is 0. The van der Waals surface area contributed by atoms with Crippen LogP contribution in [-0.4, -0.2) is 29.7 Å². The number of aliphatic hydroxyl groups excluding tert-OH is 1. The Bertz CT molecular complexity index is 374. The van der Waals surface area contributed by atoms with E-state index in [-0.39, 0.29) is 6.61 Å². The van der Waals surface area contributed by atoms with Gasteiger partial charge in [0.2, 0.25) is 0 Å². The number of likely N-dealkylation sites (tertiary alicyclic amines) is 1. The SMILES string of the molecule is Cc1ccc(C(CCO)N2CCCC2)cc1Br. The van der Waals surface area contributed by atoms with Crippen molar-refractivity contribution in [2.45, 2.75) is 32.2 Å². The van der Waals surface area contributed by atoms with Gasteiger partial charge in [-0.3, -0.25) is 4.90 Å². The van der Waals surface area contributed by atoms with Crippen molar-refractivity contribution in [2.75, 3.05) is 19.7 Å². The first-order valence-electron chi connectivity index (χ1n) is 6.33. The van der Waals surface area contributed by atoms with Crippen molar-refractivity contribution in [3.05, 3.63) is 33.8 Å². The zero-order valence-electron chi connectivity index (χ0n) is 10.3. The minimum Gasteiger partial charge on any atom is -0.396 e. The summed E-state index contributed by atoms with van der Waals surface area (Å²) >= 11 is 3.59. The van der Waals surface area contributed by atoms with Crippen LogP contribution in [0.15, 0.2) is 22.7 Å². The van der Waals surface area contributed by atoms with Crippen molar-refractivity contribution in [3.63, 3.8) is 0 Å². The van der Waals surface area contributed by atoms with E-state index in [1.54, 1.807) is 0 Å². The molecular formula is C14H20BrNO. The maximum atomic E-state index is 9.24. The van der Waals surface area contributed by atoms with Crippen LogP contribution in [-0.2, 0) is 0 Å². The van der Waals surface area contributed by atoms with Crippen molar-refractivity contribution in [1.29, 1.82) is 0 Å². The minimum atomic E-state index is 0.257. The molecule has 0 radical (unpaired) electrons. The predicted octanol–water partition coefficient (Wildman–Crippen LogP) is 3.28. The fourth-order valence-corrected chi connectivity index (χ4v) is 2.95. The number of nitrogens with zero attached hydrogens (tertiary/aromatic N) is 1. The third-order valence-corrected chi connectivity index (χ3v) is 4.42. The molecule has 0 spiro atoms. The highest BCUT2D eigenvalue weighted by molar-refractivity contribution is 9.10. The summed E-state index contributed by atoms with van der Waals surface area (Å²) in [5.41, 5.74) is 2.58. The van der Waals surface area contributed by atoms with E-state index in [0.29, 0.717) is 6.04 Å². The second kappa shape index (κ2) is 5.98. The zero-order chi connectivity index (χ0) is 12.3. The monoisotopic (exact) mass is 297 g/mol. The Kier molecular flexibility index (Phi) is 4.60. The van der Waals surface area contributed by atoms with Crippen LogP contribution in [0.25, 0.3) is 0 Å². The average Bonchev–Trinajstić information content (AvgIpc) is 2.83. The van der Waals surface area contributed by atoms with Gasteiger partial charge in [-0.15, -0.1) is 0 Å². The highest BCUT2D eigenvalue weighted by Gasteiger charge is 2.23. The fraction of sp³-hybridized carbons (Fsp3) is 0.571. The van der Waals surface area contributed by atoms with Gasteiger partial charge in [-0.25, -0.2) is 0 Å². The average molecular weight is 298 g/mol. The van der Waals surface area contributed by atoms with Crippen molar-refractivity contribution in [1.82, 2.24) is 4.90 Å². The molecule has 0 aromatic heterocycles. The van der Waals surface area contributed by atoms with Crippen molar-refractivity contribution >= 4 is 15.9 Å². The van der Waals surface area contributed by atoms with Crippen molar-refractivity contribution < 1.29 is 5.11 Å². The van der Waals surface area contributed by atoms with Gasteiger partial charge in [-0.2, -0.15) is 0 Å². The first-order valence-corrected chi connectivity index (χ1v) is 7.12. The van der Waals surface area contributed by atoms with Crippen molar-refractivity contribution in [2.24, 2.45) is 0 Å². The quantitative estimate of drug-likeness (QED) is 0.922. The normalized spacial score (nSPS) is 18.5. The van der Waals surface area contributed by atoms with Crippen LogP contribution >= 0.6 is 15.9 Å². The molecule has 0 bridgehead atoms. The molecule has 1 atom stereocenters. The first-order chi connectivity index (χ1) is 8.22. The van der Waals surface area contributed by atoms with E-state index in [1.165, 1.54) is 24.0 Å². The van der Waals surface area contributed by atoms with Crippen LogP contribution in [0, 0.1) is 6.92 Å². The molecule has 1 aromatic rings. The molecule has 1 unspecified atom stereocenters. The molecule has 1 aromatic carbocycles. The summed E-state index contributed by atoms with van der Waals surface area (Å²) < 4.78 is 1.16. The van der Waals surface area contributed by atoms with Crippen LogP contribution in [0.4, 0.5) is 0 Å². The summed E-state index contributed by atoms with van der Waals surface area (Å²) in [6, 6.07) is 6.92. The molecule has 1 saturated heterocycles. The summed E-state index contributed by atoms with van der Waals surface area (Å²) in [4.78, 5) is 2.49. The Morgan fingerprint density at radius 3 is 2.65 bits per heavy atom. The Morgan fingerprint density at radius 1 is 1.35 bits per heavy atom. The number of hydrogen-bond donors (Lipinski definition) is 1. The van der Waals surface area contributed by atoms with Gasteiger partial charge in [0, 0.05) is 17.1 Å². The maximum absolute atomic E-state index is 9.24. The molecular weight excluding hydrogens is 278 g/mol. The van der Waals surface area contributed by atoms with E-state index in [9.17, 15) is 5.11 Å². The molecule has 3 heteroatoms. The number of hydrogen-bond acceptors (Lipinski definition) is 2. The zero-order valence-corrected chi connectivity index (χ0v) is 11.9. The molecule has 17 heavy (non-hydrogen) atoms. The fourth-order valence-electron chi connectivity index (χ4n) is 2.55. The van der Waals surface area contributed by atoms with Crippen LogP contribution in [0.5, 0.6) is 0 Å². The van der Waals surface area contributed by atoms with Gasteiger partial charge >= 0.3 is 0 Å². The summed E-state index contributed by atoms with van der Waals surface area (Å²) in [5.74, 6) is 0. The lowest BCUT2D eigenvalue weighted by atomic mass is 10.0. The molecule has 1 heterocycles. The van der Waals surface area contributed by atoms with Gasteiger partial charge < -0.3 is 5.11 Å². The molecule has 1 fully saturated rings. The van der Waals surface area contributed by atoms with E-state index < -0.39 is 0 Å². The third kappa shape index (κ3) is 3.09. The number of aryl methyl sites for hydroxylation is 1. The Morgan fingerprint density at radius 2 is 2.06 bits per heavy atom. The van der Waals surface area contributed by atoms with Gasteiger partial charge in [-0.05, 0) is 56.5 Å². The molecule has 2 rings (SSSR count). The highest BCUT2D eigenvalue weighted by atomic mass is 79.9. The Balaban J connectivity index is 2.21. The predicted molar refractivity (Wildman–Crippen MR) is 74.1 cm³/mol. The number of halogens is 1. The van der Waals surface area contributed by atoms with Gasteiger partial charge in [0.25, 0.3) is 0 Å². The molecule has 0 amide bonds.